The normalized spacial score (nSPS) is 10.7. The van der Waals surface area contributed by atoms with Crippen LogP contribution in [-0.2, 0) is 6.42 Å². The Hall–Kier alpha value is -1.99. The van der Waals surface area contributed by atoms with E-state index in [1.165, 1.54) is 11.3 Å². The molecule has 0 atom stereocenters. The lowest BCUT2D eigenvalue weighted by molar-refractivity contribution is 0.102. The number of nitrogens with one attached hydrogen (secondary N) is 2. The summed E-state index contributed by atoms with van der Waals surface area (Å²) in [4.78, 5) is 12.3. The van der Waals surface area contributed by atoms with E-state index in [0.29, 0.717) is 22.3 Å². The fourth-order valence-corrected chi connectivity index (χ4v) is 2.82. The molecule has 0 saturated heterocycles. The highest BCUT2D eigenvalue weighted by Crippen LogP contribution is 2.21. The highest BCUT2D eigenvalue weighted by Gasteiger charge is 2.14. The van der Waals surface area contributed by atoms with Crippen LogP contribution in [0.25, 0.3) is 0 Å². The van der Waals surface area contributed by atoms with E-state index in [-0.39, 0.29) is 5.91 Å². The summed E-state index contributed by atoms with van der Waals surface area (Å²) in [5.41, 5.74) is 4.62. The molecule has 0 aliphatic rings. The summed E-state index contributed by atoms with van der Waals surface area (Å²) in [6.45, 7) is 6.17. The Labute approximate surface area is 127 Å². The molecule has 2 aromatic rings. The van der Waals surface area contributed by atoms with Gasteiger partial charge in [0.05, 0.1) is 11.3 Å². The van der Waals surface area contributed by atoms with Crippen molar-refractivity contribution < 1.29 is 4.79 Å². The smallest absolute Gasteiger partial charge is 0.259 e. The van der Waals surface area contributed by atoms with Crippen molar-refractivity contribution in [1.82, 2.24) is 10.2 Å². The van der Waals surface area contributed by atoms with Crippen molar-refractivity contribution in [2.45, 2.75) is 27.2 Å². The molecule has 0 bridgehead atoms. The summed E-state index contributed by atoms with van der Waals surface area (Å²) in [5, 5.41) is 12.2. The number of carbonyl (C=O) groups is 1. The lowest BCUT2D eigenvalue weighted by Crippen LogP contribution is -2.17. The Kier molecular flexibility index (Phi) is 4.87. The van der Waals surface area contributed by atoms with Crippen LogP contribution in [0.2, 0.25) is 0 Å². The quantitative estimate of drug-likeness (QED) is 0.583. The predicted molar refractivity (Wildman–Crippen MR) is 85.4 cm³/mol. The highest BCUT2D eigenvalue weighted by atomic mass is 32.1. The van der Waals surface area contributed by atoms with Crippen LogP contribution in [-0.4, -0.2) is 16.1 Å². The summed E-state index contributed by atoms with van der Waals surface area (Å²) in [5.74, 6) is 5.71. The molecule has 0 saturated carbocycles. The van der Waals surface area contributed by atoms with Gasteiger partial charge in [-0.1, -0.05) is 31.3 Å². The van der Waals surface area contributed by atoms with Crippen LogP contribution in [0.3, 0.4) is 0 Å². The zero-order valence-corrected chi connectivity index (χ0v) is 13.1. The van der Waals surface area contributed by atoms with E-state index < -0.39 is 0 Å². The molecule has 2 rings (SSSR count). The number of nitrogens with zero attached hydrogens (tertiary/aromatic N) is 2. The van der Waals surface area contributed by atoms with Gasteiger partial charge in [0.25, 0.3) is 5.91 Å². The van der Waals surface area contributed by atoms with Gasteiger partial charge in [-0.15, -0.1) is 10.2 Å². The summed E-state index contributed by atoms with van der Waals surface area (Å²) < 4.78 is 0. The molecule has 0 aliphatic carbocycles. The van der Waals surface area contributed by atoms with Gasteiger partial charge in [-0.3, -0.25) is 16.0 Å². The third-order valence-corrected chi connectivity index (χ3v) is 3.71. The number of hydrogen-bond donors (Lipinski definition) is 3. The lowest BCUT2D eigenvalue weighted by atomic mass is 10.1. The molecule has 1 aromatic carbocycles. The number of nitrogen functional groups attached to an aromatic ring is 1. The summed E-state index contributed by atoms with van der Waals surface area (Å²) in [6.07, 6.45) is 0.855. The first kappa shape index (κ1) is 15.4. The molecule has 4 N–H and O–H groups in total. The zero-order valence-electron chi connectivity index (χ0n) is 12.3. The Balaban J connectivity index is 2.12. The molecular weight excluding hydrogens is 286 g/mol. The van der Waals surface area contributed by atoms with Gasteiger partial charge >= 0.3 is 0 Å². The number of anilines is 2. The molecule has 1 aromatic heterocycles. The topological polar surface area (TPSA) is 92.9 Å². The van der Waals surface area contributed by atoms with Crippen molar-refractivity contribution in [2.24, 2.45) is 11.8 Å². The van der Waals surface area contributed by atoms with E-state index in [0.717, 1.165) is 17.0 Å². The number of amides is 1. The zero-order chi connectivity index (χ0) is 15.4. The van der Waals surface area contributed by atoms with Gasteiger partial charge in [0.2, 0.25) is 5.13 Å². The van der Waals surface area contributed by atoms with E-state index in [2.05, 4.69) is 34.8 Å². The summed E-state index contributed by atoms with van der Waals surface area (Å²) >= 11 is 1.39. The van der Waals surface area contributed by atoms with Gasteiger partial charge in [-0.2, -0.15) is 0 Å². The minimum Gasteiger partial charge on any atom is -0.323 e. The van der Waals surface area contributed by atoms with E-state index in [9.17, 15) is 4.79 Å². The van der Waals surface area contributed by atoms with E-state index in [4.69, 9.17) is 5.84 Å². The standard InChI is InChI=1S/C14H19N5OS/c1-8(2)6-12-18-19-14(21-12)16-13(20)10-5-4-9(3)7-11(10)17-15/h4-5,7-8,17H,6,15H2,1-3H3,(H,16,19,20). The molecule has 0 aliphatic heterocycles. The Bertz CT molecular complexity index is 638. The van der Waals surface area contributed by atoms with Gasteiger partial charge in [0, 0.05) is 6.42 Å². The number of aryl methyl sites for hydroxylation is 1. The van der Waals surface area contributed by atoms with Gasteiger partial charge in [0.15, 0.2) is 0 Å². The molecule has 0 fully saturated rings. The third kappa shape index (κ3) is 3.99. The molecule has 7 heteroatoms. The Morgan fingerprint density at radius 1 is 1.38 bits per heavy atom. The van der Waals surface area contributed by atoms with Crippen LogP contribution in [0.5, 0.6) is 0 Å². The van der Waals surface area contributed by atoms with Crippen molar-refractivity contribution in [3.63, 3.8) is 0 Å². The van der Waals surface area contributed by atoms with Gasteiger partial charge < -0.3 is 5.43 Å². The van der Waals surface area contributed by atoms with Crippen LogP contribution < -0.4 is 16.6 Å². The summed E-state index contributed by atoms with van der Waals surface area (Å²) in [7, 11) is 0. The fraction of sp³-hybridized carbons (Fsp3) is 0.357. The van der Waals surface area contributed by atoms with Crippen molar-refractivity contribution >= 4 is 28.1 Å². The van der Waals surface area contributed by atoms with E-state index >= 15 is 0 Å². The maximum atomic E-state index is 12.3. The SMILES string of the molecule is Cc1ccc(C(=O)Nc2nnc(CC(C)C)s2)c(NN)c1. The van der Waals surface area contributed by atoms with Gasteiger partial charge in [0.1, 0.15) is 5.01 Å². The van der Waals surface area contributed by atoms with Crippen LogP contribution in [0.4, 0.5) is 10.8 Å². The number of hydrogen-bond acceptors (Lipinski definition) is 6. The Morgan fingerprint density at radius 2 is 2.14 bits per heavy atom. The second-order valence-electron chi connectivity index (χ2n) is 5.25. The molecule has 6 nitrogen and oxygen atoms in total. The maximum Gasteiger partial charge on any atom is 0.259 e. The lowest BCUT2D eigenvalue weighted by Gasteiger charge is -2.08. The molecule has 112 valence electrons. The first-order chi connectivity index (χ1) is 9.99. The first-order valence-corrected chi connectivity index (χ1v) is 7.52. The van der Waals surface area contributed by atoms with Crippen molar-refractivity contribution in [1.29, 1.82) is 0 Å². The van der Waals surface area contributed by atoms with Crippen molar-refractivity contribution in [2.75, 3.05) is 10.7 Å². The molecule has 0 spiro atoms. The highest BCUT2D eigenvalue weighted by molar-refractivity contribution is 7.15. The molecule has 1 amide bonds. The number of benzene rings is 1. The predicted octanol–water partition coefficient (Wildman–Crippen LogP) is 2.58. The first-order valence-electron chi connectivity index (χ1n) is 6.70. The second-order valence-corrected chi connectivity index (χ2v) is 6.31. The van der Waals surface area contributed by atoms with Crippen LogP contribution in [0.15, 0.2) is 18.2 Å². The molecule has 1 heterocycles. The monoisotopic (exact) mass is 305 g/mol. The fourth-order valence-electron chi connectivity index (χ4n) is 1.88. The number of rotatable bonds is 5. The van der Waals surface area contributed by atoms with Gasteiger partial charge in [-0.05, 0) is 30.5 Å². The van der Waals surface area contributed by atoms with Crippen molar-refractivity contribution in [3.05, 3.63) is 34.3 Å². The van der Waals surface area contributed by atoms with Crippen LogP contribution >= 0.6 is 11.3 Å². The maximum absolute atomic E-state index is 12.3. The van der Waals surface area contributed by atoms with Crippen LogP contribution in [0, 0.1) is 12.8 Å². The number of aromatic nitrogens is 2. The molecule has 0 radical (unpaired) electrons. The van der Waals surface area contributed by atoms with E-state index in [1.54, 1.807) is 6.07 Å². The third-order valence-electron chi connectivity index (χ3n) is 2.85. The minimum atomic E-state index is -0.254. The second kappa shape index (κ2) is 6.64. The van der Waals surface area contributed by atoms with Gasteiger partial charge in [-0.25, -0.2) is 0 Å². The average Bonchev–Trinajstić information content (AvgIpc) is 2.84. The minimum absolute atomic E-state index is 0.254. The van der Waals surface area contributed by atoms with E-state index in [1.807, 2.05) is 19.1 Å². The Morgan fingerprint density at radius 3 is 2.81 bits per heavy atom. The molecule has 21 heavy (non-hydrogen) atoms. The summed E-state index contributed by atoms with van der Waals surface area (Å²) in [6, 6.07) is 5.41. The van der Waals surface area contributed by atoms with Crippen molar-refractivity contribution in [3.8, 4) is 0 Å². The molecule has 0 unspecified atom stereocenters. The number of hydrazine groups is 1. The average molecular weight is 305 g/mol. The van der Waals surface area contributed by atoms with Crippen LogP contribution in [0.1, 0.15) is 34.8 Å². The number of nitrogens with two attached hydrogens (primary N) is 1. The largest absolute Gasteiger partial charge is 0.323 e. The number of carbonyl (C=O) groups excluding carboxylic acids is 1. The molecular formula is C14H19N5OS.